The maximum Gasteiger partial charge on any atom is 0.234 e. The van der Waals surface area contributed by atoms with E-state index in [0.29, 0.717) is 24.4 Å². The molecular formula is C16H25N3OS. The molecule has 2 aliphatic rings. The number of carbonyl (C=O) groups excluding carboxylic acids is 1. The highest BCUT2D eigenvalue weighted by Crippen LogP contribution is 2.35. The first-order valence-corrected chi connectivity index (χ1v) is 8.82. The van der Waals surface area contributed by atoms with Gasteiger partial charge in [-0.05, 0) is 43.0 Å². The van der Waals surface area contributed by atoms with E-state index in [1.54, 1.807) is 11.3 Å². The standard InChI is InChI=1S/C16H25N3OS/c1-11(15-6-3-7-21-15)18-16(20)10-19-8-12-4-2-5-14(17)13(12)9-19/h3,6-7,11-14H,2,4-5,8-10,17H2,1H3,(H,18,20). The van der Waals surface area contributed by atoms with Gasteiger partial charge in [-0.2, -0.15) is 0 Å². The van der Waals surface area contributed by atoms with Crippen molar-refractivity contribution in [2.75, 3.05) is 19.6 Å². The lowest BCUT2D eigenvalue weighted by molar-refractivity contribution is -0.122. The Morgan fingerprint density at radius 1 is 1.52 bits per heavy atom. The Balaban J connectivity index is 1.49. The van der Waals surface area contributed by atoms with Gasteiger partial charge in [0, 0.05) is 24.0 Å². The van der Waals surface area contributed by atoms with Crippen molar-refractivity contribution in [2.45, 2.75) is 38.3 Å². The molecule has 3 rings (SSSR count). The lowest BCUT2D eigenvalue weighted by atomic mass is 9.78. The average molecular weight is 307 g/mol. The van der Waals surface area contributed by atoms with Gasteiger partial charge in [0.25, 0.3) is 0 Å². The normalized spacial score (nSPS) is 30.9. The van der Waals surface area contributed by atoms with Crippen molar-refractivity contribution in [3.05, 3.63) is 22.4 Å². The molecule has 5 heteroatoms. The largest absolute Gasteiger partial charge is 0.348 e. The molecule has 1 aromatic heterocycles. The molecule has 4 unspecified atom stereocenters. The van der Waals surface area contributed by atoms with E-state index < -0.39 is 0 Å². The van der Waals surface area contributed by atoms with Gasteiger partial charge in [0.05, 0.1) is 12.6 Å². The predicted molar refractivity (Wildman–Crippen MR) is 86.1 cm³/mol. The molecule has 0 radical (unpaired) electrons. The zero-order chi connectivity index (χ0) is 14.8. The topological polar surface area (TPSA) is 58.4 Å². The summed E-state index contributed by atoms with van der Waals surface area (Å²) in [5, 5.41) is 5.15. The van der Waals surface area contributed by atoms with Crippen LogP contribution in [0.15, 0.2) is 17.5 Å². The highest BCUT2D eigenvalue weighted by atomic mass is 32.1. The van der Waals surface area contributed by atoms with Crippen LogP contribution in [0.3, 0.4) is 0 Å². The van der Waals surface area contributed by atoms with Gasteiger partial charge >= 0.3 is 0 Å². The van der Waals surface area contributed by atoms with Gasteiger partial charge in [-0.25, -0.2) is 0 Å². The van der Waals surface area contributed by atoms with Gasteiger partial charge in [-0.15, -0.1) is 11.3 Å². The van der Waals surface area contributed by atoms with Crippen LogP contribution in [0.4, 0.5) is 0 Å². The molecule has 116 valence electrons. The summed E-state index contributed by atoms with van der Waals surface area (Å²) in [4.78, 5) is 15.7. The van der Waals surface area contributed by atoms with Crippen LogP contribution in [0.25, 0.3) is 0 Å². The quantitative estimate of drug-likeness (QED) is 0.894. The van der Waals surface area contributed by atoms with Gasteiger partial charge in [-0.1, -0.05) is 12.5 Å². The van der Waals surface area contributed by atoms with Gasteiger partial charge in [-0.3, -0.25) is 9.69 Å². The summed E-state index contributed by atoms with van der Waals surface area (Å²) in [6.07, 6.45) is 3.68. The Morgan fingerprint density at radius 3 is 3.10 bits per heavy atom. The smallest absolute Gasteiger partial charge is 0.234 e. The SMILES string of the molecule is CC(NC(=O)CN1CC2CCCC(N)C2C1)c1cccs1. The highest BCUT2D eigenvalue weighted by Gasteiger charge is 2.39. The number of carbonyl (C=O) groups is 1. The number of hydrogen-bond donors (Lipinski definition) is 2. The van der Waals surface area contributed by atoms with E-state index in [9.17, 15) is 4.79 Å². The molecule has 0 aromatic carbocycles. The third kappa shape index (κ3) is 3.47. The Kier molecular flexibility index (Phi) is 4.62. The minimum Gasteiger partial charge on any atom is -0.348 e. The third-order valence-corrected chi connectivity index (χ3v) is 6.00. The van der Waals surface area contributed by atoms with Crippen molar-refractivity contribution >= 4 is 17.2 Å². The highest BCUT2D eigenvalue weighted by molar-refractivity contribution is 7.10. The lowest BCUT2D eigenvalue weighted by Crippen LogP contribution is -2.39. The summed E-state index contributed by atoms with van der Waals surface area (Å²) in [5.74, 6) is 1.43. The zero-order valence-corrected chi connectivity index (χ0v) is 13.4. The van der Waals surface area contributed by atoms with Gasteiger partial charge in [0.2, 0.25) is 5.91 Å². The zero-order valence-electron chi connectivity index (χ0n) is 12.6. The Hall–Kier alpha value is -0.910. The number of amides is 1. The molecule has 2 fully saturated rings. The molecule has 4 nitrogen and oxygen atoms in total. The van der Waals surface area contributed by atoms with Crippen LogP contribution in [0, 0.1) is 11.8 Å². The molecule has 2 heterocycles. The number of likely N-dealkylation sites (tertiary alicyclic amines) is 1. The number of rotatable bonds is 4. The molecular weight excluding hydrogens is 282 g/mol. The molecule has 4 atom stereocenters. The molecule has 1 amide bonds. The van der Waals surface area contributed by atoms with Crippen LogP contribution < -0.4 is 11.1 Å². The third-order valence-electron chi connectivity index (χ3n) is 4.94. The van der Waals surface area contributed by atoms with Crippen molar-refractivity contribution in [3.63, 3.8) is 0 Å². The minimum atomic E-state index is 0.102. The number of thiophene rings is 1. The van der Waals surface area contributed by atoms with E-state index in [0.717, 1.165) is 19.5 Å². The van der Waals surface area contributed by atoms with Crippen LogP contribution in [-0.4, -0.2) is 36.5 Å². The number of nitrogens with one attached hydrogen (secondary N) is 1. The van der Waals surface area contributed by atoms with Crippen LogP contribution in [0.1, 0.15) is 37.1 Å². The maximum atomic E-state index is 12.2. The summed E-state index contributed by atoms with van der Waals surface area (Å²) in [7, 11) is 0. The molecule has 1 aliphatic heterocycles. The van der Waals surface area contributed by atoms with Crippen molar-refractivity contribution < 1.29 is 4.79 Å². The average Bonchev–Trinajstić information content (AvgIpc) is 3.07. The fourth-order valence-electron chi connectivity index (χ4n) is 3.84. The first kappa shape index (κ1) is 15.0. The summed E-state index contributed by atoms with van der Waals surface area (Å²) in [6.45, 7) is 4.59. The second kappa shape index (κ2) is 6.46. The van der Waals surface area contributed by atoms with Crippen LogP contribution in [-0.2, 0) is 4.79 Å². The van der Waals surface area contributed by atoms with Crippen LogP contribution in [0.5, 0.6) is 0 Å². The molecule has 0 bridgehead atoms. The molecule has 1 aromatic rings. The van der Waals surface area contributed by atoms with E-state index in [1.807, 2.05) is 18.4 Å². The van der Waals surface area contributed by atoms with Crippen molar-refractivity contribution in [2.24, 2.45) is 17.6 Å². The predicted octanol–water partition coefficient (Wildman–Crippen LogP) is 1.98. The van der Waals surface area contributed by atoms with Crippen LogP contribution >= 0.6 is 11.3 Å². The lowest BCUT2D eigenvalue weighted by Gasteiger charge is -2.29. The maximum absolute atomic E-state index is 12.2. The van der Waals surface area contributed by atoms with Crippen molar-refractivity contribution in [1.29, 1.82) is 0 Å². The summed E-state index contributed by atoms with van der Waals surface area (Å²) >= 11 is 1.69. The fourth-order valence-corrected chi connectivity index (χ4v) is 4.57. The molecule has 0 spiro atoms. The first-order chi connectivity index (χ1) is 10.1. The molecule has 1 saturated carbocycles. The molecule has 1 saturated heterocycles. The van der Waals surface area contributed by atoms with E-state index >= 15 is 0 Å². The van der Waals surface area contributed by atoms with Gasteiger partial charge in [0.1, 0.15) is 0 Å². The minimum absolute atomic E-state index is 0.102. The number of nitrogens with two attached hydrogens (primary N) is 1. The monoisotopic (exact) mass is 307 g/mol. The Labute approximate surface area is 130 Å². The van der Waals surface area contributed by atoms with E-state index in [4.69, 9.17) is 5.73 Å². The summed E-state index contributed by atoms with van der Waals surface area (Å²) in [5.41, 5.74) is 6.23. The van der Waals surface area contributed by atoms with Crippen LogP contribution in [0.2, 0.25) is 0 Å². The first-order valence-electron chi connectivity index (χ1n) is 7.94. The molecule has 1 aliphatic carbocycles. The van der Waals surface area contributed by atoms with E-state index in [1.165, 1.54) is 17.7 Å². The van der Waals surface area contributed by atoms with E-state index in [2.05, 4.69) is 16.3 Å². The number of hydrogen-bond acceptors (Lipinski definition) is 4. The van der Waals surface area contributed by atoms with Crippen molar-refractivity contribution in [1.82, 2.24) is 10.2 Å². The number of fused-ring (bicyclic) bond motifs is 1. The van der Waals surface area contributed by atoms with Gasteiger partial charge in [0.15, 0.2) is 0 Å². The Bertz CT molecular complexity index is 476. The number of nitrogens with zero attached hydrogens (tertiary/aromatic N) is 1. The molecule has 3 N–H and O–H groups in total. The second-order valence-electron chi connectivity index (χ2n) is 6.52. The molecule has 21 heavy (non-hydrogen) atoms. The fraction of sp³-hybridized carbons (Fsp3) is 0.688. The second-order valence-corrected chi connectivity index (χ2v) is 7.50. The van der Waals surface area contributed by atoms with Crippen molar-refractivity contribution in [3.8, 4) is 0 Å². The summed E-state index contributed by atoms with van der Waals surface area (Å²) in [6, 6.07) is 4.53. The van der Waals surface area contributed by atoms with Gasteiger partial charge < -0.3 is 11.1 Å². The Morgan fingerprint density at radius 2 is 2.38 bits per heavy atom. The van der Waals surface area contributed by atoms with E-state index in [-0.39, 0.29) is 11.9 Å². The summed E-state index contributed by atoms with van der Waals surface area (Å²) < 4.78 is 0.